The van der Waals surface area contributed by atoms with Gasteiger partial charge < -0.3 is 5.32 Å². The Kier molecular flexibility index (Phi) is 3.96. The summed E-state index contributed by atoms with van der Waals surface area (Å²) in [5, 5.41) is 10.2. The first-order valence-corrected chi connectivity index (χ1v) is 6.92. The lowest BCUT2D eigenvalue weighted by Crippen LogP contribution is -2.04. The summed E-state index contributed by atoms with van der Waals surface area (Å²) in [6.07, 6.45) is -4.36. The summed E-state index contributed by atoms with van der Waals surface area (Å²) in [6, 6.07) is 11.6. The summed E-state index contributed by atoms with van der Waals surface area (Å²) in [6.45, 7) is 0. The Morgan fingerprint density at radius 1 is 0.957 bits per heavy atom. The lowest BCUT2D eigenvalue weighted by atomic mass is 10.1. The second-order valence-electron chi connectivity index (χ2n) is 4.71. The van der Waals surface area contributed by atoms with E-state index in [4.69, 9.17) is 11.6 Å². The Hall–Kier alpha value is -2.54. The van der Waals surface area contributed by atoms with Crippen LogP contribution < -0.4 is 5.32 Å². The van der Waals surface area contributed by atoms with E-state index >= 15 is 0 Å². The van der Waals surface area contributed by atoms with Gasteiger partial charge in [-0.1, -0.05) is 23.7 Å². The molecule has 1 heterocycles. The minimum atomic E-state index is -4.36. The van der Waals surface area contributed by atoms with Crippen LogP contribution in [0.5, 0.6) is 0 Å². The summed E-state index contributed by atoms with van der Waals surface area (Å²) in [5.74, 6) is 0.678. The molecule has 0 amide bonds. The molecule has 0 fully saturated rings. The molecule has 0 saturated carbocycles. The van der Waals surface area contributed by atoms with Gasteiger partial charge in [0, 0.05) is 16.3 Å². The van der Waals surface area contributed by atoms with Crippen molar-refractivity contribution in [2.24, 2.45) is 0 Å². The van der Waals surface area contributed by atoms with Crippen molar-refractivity contribution in [2.45, 2.75) is 6.18 Å². The zero-order valence-electron chi connectivity index (χ0n) is 11.5. The summed E-state index contributed by atoms with van der Waals surface area (Å²) < 4.78 is 37.6. The number of rotatable bonds is 3. The topological polar surface area (TPSA) is 53.6 Å². The number of alkyl halides is 3. The molecule has 0 radical (unpaired) electrons. The third-order valence-corrected chi connectivity index (χ3v) is 3.32. The predicted octanol–water partition coefficient (Wildman–Crippen LogP) is 4.89. The number of nitrogens with zero attached hydrogens (tertiary/aromatic N) is 2. The fourth-order valence-corrected chi connectivity index (χ4v) is 2.05. The molecule has 0 atom stereocenters. The van der Waals surface area contributed by atoms with Gasteiger partial charge in [-0.05, 0) is 36.4 Å². The number of aromatic nitrogens is 3. The Bertz CT molecular complexity index is 795. The van der Waals surface area contributed by atoms with Crippen LogP contribution in [0.2, 0.25) is 5.02 Å². The van der Waals surface area contributed by atoms with Crippen LogP contribution in [0.3, 0.4) is 0 Å². The maximum atomic E-state index is 12.5. The molecule has 23 heavy (non-hydrogen) atoms. The van der Waals surface area contributed by atoms with Crippen molar-refractivity contribution in [1.82, 2.24) is 15.2 Å². The number of halogens is 4. The van der Waals surface area contributed by atoms with Gasteiger partial charge in [0.05, 0.1) is 5.56 Å². The predicted molar refractivity (Wildman–Crippen MR) is 81.6 cm³/mol. The van der Waals surface area contributed by atoms with E-state index in [1.807, 2.05) is 0 Å². The van der Waals surface area contributed by atoms with Gasteiger partial charge in [0.1, 0.15) is 0 Å². The normalized spacial score (nSPS) is 11.5. The molecule has 118 valence electrons. The van der Waals surface area contributed by atoms with Crippen LogP contribution in [0.25, 0.3) is 11.4 Å². The van der Waals surface area contributed by atoms with Gasteiger partial charge in [-0.25, -0.2) is 0 Å². The van der Waals surface area contributed by atoms with Crippen molar-refractivity contribution in [2.75, 3.05) is 5.32 Å². The van der Waals surface area contributed by atoms with E-state index < -0.39 is 11.7 Å². The minimum absolute atomic E-state index is 0.308. The lowest BCUT2D eigenvalue weighted by molar-refractivity contribution is -0.137. The molecule has 8 heteroatoms. The molecular formula is C15H10ClF3N4. The molecule has 3 rings (SSSR count). The zero-order valence-corrected chi connectivity index (χ0v) is 12.3. The second kappa shape index (κ2) is 5.92. The fraction of sp³-hybridized carbons (Fsp3) is 0.0667. The number of anilines is 2. The molecule has 0 spiro atoms. The second-order valence-corrected chi connectivity index (χ2v) is 5.15. The number of hydrogen-bond acceptors (Lipinski definition) is 3. The van der Waals surface area contributed by atoms with Crippen molar-refractivity contribution in [3.05, 3.63) is 59.1 Å². The van der Waals surface area contributed by atoms with Gasteiger partial charge in [-0.15, -0.1) is 5.10 Å². The van der Waals surface area contributed by atoms with Gasteiger partial charge in [-0.2, -0.15) is 18.2 Å². The summed E-state index contributed by atoms with van der Waals surface area (Å²) in [7, 11) is 0. The Morgan fingerprint density at radius 3 is 2.22 bits per heavy atom. The molecule has 3 aromatic rings. The molecular weight excluding hydrogens is 329 g/mol. The summed E-state index contributed by atoms with van der Waals surface area (Å²) in [4.78, 5) is 4.20. The Labute approximate surface area is 134 Å². The first kappa shape index (κ1) is 15.4. The van der Waals surface area contributed by atoms with Crippen molar-refractivity contribution in [1.29, 1.82) is 0 Å². The van der Waals surface area contributed by atoms with E-state index in [9.17, 15) is 13.2 Å². The molecule has 0 bridgehead atoms. The molecule has 0 saturated heterocycles. The molecule has 0 unspecified atom stereocenters. The monoisotopic (exact) mass is 338 g/mol. The molecule has 0 aliphatic carbocycles. The maximum Gasteiger partial charge on any atom is 0.416 e. The average Bonchev–Trinajstić information content (AvgIpc) is 2.97. The van der Waals surface area contributed by atoms with Gasteiger partial charge in [0.2, 0.25) is 5.95 Å². The first-order valence-electron chi connectivity index (χ1n) is 6.54. The average molecular weight is 339 g/mol. The third-order valence-electron chi connectivity index (χ3n) is 3.07. The lowest BCUT2D eigenvalue weighted by Gasteiger charge is -2.06. The van der Waals surface area contributed by atoms with E-state index in [-0.39, 0.29) is 0 Å². The number of hydrogen-bond donors (Lipinski definition) is 2. The van der Waals surface area contributed by atoms with Crippen LogP contribution in [-0.2, 0) is 6.18 Å². The molecule has 4 nitrogen and oxygen atoms in total. The molecule has 2 aromatic carbocycles. The molecule has 0 aliphatic rings. The fourth-order valence-electron chi connectivity index (χ4n) is 1.93. The van der Waals surface area contributed by atoms with E-state index in [2.05, 4.69) is 20.5 Å². The SMILES string of the molecule is FC(F)(F)c1ccc(-c2nc(Nc3ccc(Cl)cc3)n[nH]2)cc1. The van der Waals surface area contributed by atoms with E-state index in [0.717, 1.165) is 17.8 Å². The molecule has 2 N–H and O–H groups in total. The molecule has 0 aliphatic heterocycles. The number of aromatic amines is 1. The highest BCUT2D eigenvalue weighted by Crippen LogP contribution is 2.30. The maximum absolute atomic E-state index is 12.5. The zero-order chi connectivity index (χ0) is 16.4. The quantitative estimate of drug-likeness (QED) is 0.715. The van der Waals surface area contributed by atoms with Gasteiger partial charge in [0.25, 0.3) is 0 Å². The van der Waals surface area contributed by atoms with Crippen LogP contribution in [0.1, 0.15) is 5.56 Å². The standard InChI is InChI=1S/C15H10ClF3N4/c16-11-5-7-12(8-6-11)20-14-21-13(22-23-14)9-1-3-10(4-2-9)15(17,18)19/h1-8H,(H2,20,21,22,23). The van der Waals surface area contributed by atoms with Crippen LogP contribution in [0.15, 0.2) is 48.5 Å². The number of nitrogens with one attached hydrogen (secondary N) is 2. The summed E-state index contributed by atoms with van der Waals surface area (Å²) >= 11 is 5.80. The van der Waals surface area contributed by atoms with Crippen LogP contribution in [0, 0.1) is 0 Å². The smallest absolute Gasteiger partial charge is 0.323 e. The van der Waals surface area contributed by atoms with Crippen molar-refractivity contribution < 1.29 is 13.2 Å². The van der Waals surface area contributed by atoms with Crippen molar-refractivity contribution in [3.8, 4) is 11.4 Å². The first-order chi connectivity index (χ1) is 10.9. The minimum Gasteiger partial charge on any atom is -0.323 e. The Morgan fingerprint density at radius 2 is 1.61 bits per heavy atom. The van der Waals surface area contributed by atoms with Crippen molar-refractivity contribution in [3.63, 3.8) is 0 Å². The number of H-pyrrole nitrogens is 1. The van der Waals surface area contributed by atoms with E-state index in [0.29, 0.717) is 22.4 Å². The highest BCUT2D eigenvalue weighted by atomic mass is 35.5. The summed E-state index contributed by atoms with van der Waals surface area (Å²) in [5.41, 5.74) is 0.544. The van der Waals surface area contributed by atoms with Crippen molar-refractivity contribution >= 4 is 23.2 Å². The van der Waals surface area contributed by atoms with Crippen LogP contribution >= 0.6 is 11.6 Å². The van der Waals surface area contributed by atoms with Gasteiger partial charge >= 0.3 is 6.18 Å². The highest BCUT2D eigenvalue weighted by Gasteiger charge is 2.30. The van der Waals surface area contributed by atoms with Gasteiger partial charge in [-0.3, -0.25) is 5.10 Å². The largest absolute Gasteiger partial charge is 0.416 e. The van der Waals surface area contributed by atoms with Crippen LogP contribution in [-0.4, -0.2) is 15.2 Å². The third kappa shape index (κ3) is 3.62. The van der Waals surface area contributed by atoms with Gasteiger partial charge in [0.15, 0.2) is 5.82 Å². The van der Waals surface area contributed by atoms with Crippen LogP contribution in [0.4, 0.5) is 24.8 Å². The number of benzene rings is 2. The molecule has 1 aromatic heterocycles. The Balaban J connectivity index is 1.77. The van der Waals surface area contributed by atoms with E-state index in [1.165, 1.54) is 12.1 Å². The highest BCUT2D eigenvalue weighted by molar-refractivity contribution is 6.30. The van der Waals surface area contributed by atoms with E-state index in [1.54, 1.807) is 24.3 Å².